The third kappa shape index (κ3) is 2.47. The van der Waals surface area contributed by atoms with E-state index >= 15 is 0 Å². The zero-order chi connectivity index (χ0) is 13.4. The second-order valence-corrected chi connectivity index (χ2v) is 6.76. The van der Waals surface area contributed by atoms with Crippen molar-refractivity contribution in [2.24, 2.45) is 0 Å². The molecule has 0 amide bonds. The van der Waals surface area contributed by atoms with Crippen molar-refractivity contribution >= 4 is 39.3 Å². The number of rotatable bonds is 4. The smallest absolute Gasteiger partial charge is 0.316 e. The van der Waals surface area contributed by atoms with E-state index in [2.05, 4.69) is 21.6 Å². The van der Waals surface area contributed by atoms with Gasteiger partial charge in [0.05, 0.1) is 23.1 Å². The van der Waals surface area contributed by atoms with Crippen LogP contribution in [0.4, 0.5) is 0 Å². The number of esters is 1. The van der Waals surface area contributed by atoms with E-state index in [0.29, 0.717) is 11.7 Å². The van der Waals surface area contributed by atoms with Crippen molar-refractivity contribution in [1.82, 2.24) is 9.97 Å². The second kappa shape index (κ2) is 5.09. The number of ether oxygens (including phenoxy) is 1. The average Bonchev–Trinajstić information content (AvgIpc) is 3.18. The van der Waals surface area contributed by atoms with E-state index < -0.39 is 0 Å². The molecule has 0 unspecified atom stereocenters. The van der Waals surface area contributed by atoms with E-state index in [0.717, 1.165) is 15.2 Å². The Morgan fingerprint density at radius 2 is 2.32 bits per heavy atom. The first kappa shape index (κ1) is 12.9. The summed E-state index contributed by atoms with van der Waals surface area (Å²) in [5, 5.41) is 0.885. The Labute approximate surface area is 119 Å². The number of carbonyl (C=O) groups excluding carboxylic acids is 1. The summed E-state index contributed by atoms with van der Waals surface area (Å²) in [4.78, 5) is 21.3. The van der Waals surface area contributed by atoms with Gasteiger partial charge in [-0.1, -0.05) is 11.8 Å². The van der Waals surface area contributed by atoms with Gasteiger partial charge in [-0.05, 0) is 31.2 Å². The number of hydrogen-bond donors (Lipinski definition) is 0. The molecule has 0 radical (unpaired) electrons. The van der Waals surface area contributed by atoms with E-state index in [1.165, 1.54) is 42.2 Å². The normalized spacial score (nSPS) is 14.8. The Morgan fingerprint density at radius 3 is 3.00 bits per heavy atom. The molecule has 2 aromatic rings. The van der Waals surface area contributed by atoms with Crippen LogP contribution in [0.2, 0.25) is 0 Å². The summed E-state index contributed by atoms with van der Waals surface area (Å²) in [5.74, 6) is 0.743. The summed E-state index contributed by atoms with van der Waals surface area (Å²) in [5.41, 5.74) is 2.47. The third-order valence-corrected chi connectivity index (χ3v) is 5.41. The predicted molar refractivity (Wildman–Crippen MR) is 76.9 cm³/mol. The summed E-state index contributed by atoms with van der Waals surface area (Å²) >= 11 is 3.16. The zero-order valence-corrected chi connectivity index (χ0v) is 12.4. The van der Waals surface area contributed by atoms with Crippen molar-refractivity contribution in [2.75, 3.05) is 12.9 Å². The summed E-state index contributed by atoms with van der Waals surface area (Å²) < 4.78 is 5.77. The van der Waals surface area contributed by atoms with E-state index in [4.69, 9.17) is 0 Å². The van der Waals surface area contributed by atoms with Gasteiger partial charge in [-0.25, -0.2) is 9.97 Å². The lowest BCUT2D eigenvalue weighted by Crippen LogP contribution is -2.03. The Balaban J connectivity index is 1.96. The first-order chi connectivity index (χ1) is 9.20. The molecule has 1 aliphatic rings. The van der Waals surface area contributed by atoms with Gasteiger partial charge in [0.15, 0.2) is 0 Å². The molecule has 0 saturated heterocycles. The third-order valence-electron chi connectivity index (χ3n) is 3.20. The molecule has 0 aromatic carbocycles. The van der Waals surface area contributed by atoms with Crippen LogP contribution in [0.3, 0.4) is 0 Å². The molecule has 1 fully saturated rings. The monoisotopic (exact) mass is 294 g/mol. The van der Waals surface area contributed by atoms with Crippen LogP contribution in [0.15, 0.2) is 11.4 Å². The number of nitrogens with zero attached hydrogens (tertiary/aromatic N) is 2. The second-order valence-electron chi connectivity index (χ2n) is 4.57. The van der Waals surface area contributed by atoms with Crippen molar-refractivity contribution in [2.45, 2.75) is 30.7 Å². The number of thioether (sulfide) groups is 1. The highest BCUT2D eigenvalue weighted by molar-refractivity contribution is 8.00. The number of methoxy groups -OCH3 is 1. The standard InChI is InChI=1S/C13H14N2O2S2/c1-7-10(8-3-4-8)11-12(19-7)13(15-6-14-11)18-5-9(16)17-2/h6,8H,3-5H2,1-2H3. The molecule has 19 heavy (non-hydrogen) atoms. The van der Waals surface area contributed by atoms with Crippen LogP contribution >= 0.6 is 23.1 Å². The quantitative estimate of drug-likeness (QED) is 0.492. The molecule has 1 saturated carbocycles. The lowest BCUT2D eigenvalue weighted by molar-refractivity contribution is -0.137. The molecule has 0 spiro atoms. The van der Waals surface area contributed by atoms with E-state index in [1.807, 2.05) is 0 Å². The van der Waals surface area contributed by atoms with Crippen LogP contribution in [0.1, 0.15) is 29.2 Å². The Bertz CT molecular complexity index is 635. The number of thiophene rings is 1. The maximum Gasteiger partial charge on any atom is 0.316 e. The summed E-state index contributed by atoms with van der Waals surface area (Å²) in [6, 6.07) is 0. The fraction of sp³-hybridized carbons (Fsp3) is 0.462. The van der Waals surface area contributed by atoms with Crippen molar-refractivity contribution in [3.8, 4) is 0 Å². The highest BCUT2D eigenvalue weighted by Gasteiger charge is 2.29. The molecular weight excluding hydrogens is 280 g/mol. The van der Waals surface area contributed by atoms with Gasteiger partial charge in [0.1, 0.15) is 11.4 Å². The van der Waals surface area contributed by atoms with Crippen LogP contribution in [-0.4, -0.2) is 28.8 Å². The predicted octanol–water partition coefficient (Wildman–Crippen LogP) is 3.14. The van der Waals surface area contributed by atoms with E-state index in [1.54, 1.807) is 17.7 Å². The minimum absolute atomic E-state index is 0.229. The van der Waals surface area contributed by atoms with Gasteiger partial charge in [0.25, 0.3) is 0 Å². The molecule has 0 atom stereocenters. The van der Waals surface area contributed by atoms with E-state index in [9.17, 15) is 4.79 Å². The fourth-order valence-electron chi connectivity index (χ4n) is 2.16. The molecule has 4 nitrogen and oxygen atoms in total. The van der Waals surface area contributed by atoms with Gasteiger partial charge >= 0.3 is 5.97 Å². The fourth-order valence-corrected chi connectivity index (χ4v) is 4.26. The zero-order valence-electron chi connectivity index (χ0n) is 10.8. The van der Waals surface area contributed by atoms with Gasteiger partial charge in [0.2, 0.25) is 0 Å². The molecule has 6 heteroatoms. The Kier molecular flexibility index (Phi) is 3.45. The van der Waals surface area contributed by atoms with Gasteiger partial charge in [-0.15, -0.1) is 11.3 Å². The number of carbonyl (C=O) groups is 1. The van der Waals surface area contributed by atoms with Gasteiger partial charge in [-0.3, -0.25) is 4.79 Å². The van der Waals surface area contributed by atoms with Crippen LogP contribution in [0.25, 0.3) is 10.2 Å². The first-order valence-corrected chi connectivity index (χ1v) is 7.94. The van der Waals surface area contributed by atoms with Gasteiger partial charge in [-0.2, -0.15) is 0 Å². The van der Waals surface area contributed by atoms with Crippen molar-refractivity contribution in [3.05, 3.63) is 16.8 Å². The van der Waals surface area contributed by atoms with Crippen molar-refractivity contribution in [1.29, 1.82) is 0 Å². The Hall–Kier alpha value is -1.14. The van der Waals surface area contributed by atoms with Gasteiger partial charge in [0, 0.05) is 4.88 Å². The van der Waals surface area contributed by atoms with Gasteiger partial charge < -0.3 is 4.74 Å². The summed E-state index contributed by atoms with van der Waals surface area (Å²) in [6.07, 6.45) is 4.13. The minimum Gasteiger partial charge on any atom is -0.468 e. The van der Waals surface area contributed by atoms with Crippen molar-refractivity contribution < 1.29 is 9.53 Å². The molecule has 2 heterocycles. The molecule has 100 valence electrons. The Morgan fingerprint density at radius 1 is 1.53 bits per heavy atom. The molecule has 2 aromatic heterocycles. The molecule has 0 bridgehead atoms. The van der Waals surface area contributed by atoms with Crippen molar-refractivity contribution in [3.63, 3.8) is 0 Å². The highest BCUT2D eigenvalue weighted by Crippen LogP contribution is 2.48. The highest BCUT2D eigenvalue weighted by atomic mass is 32.2. The lowest BCUT2D eigenvalue weighted by Gasteiger charge is -2.01. The van der Waals surface area contributed by atoms with Crippen LogP contribution in [-0.2, 0) is 9.53 Å². The summed E-state index contributed by atoms with van der Waals surface area (Å²) in [6.45, 7) is 2.15. The number of fused-ring (bicyclic) bond motifs is 1. The van der Waals surface area contributed by atoms with Crippen LogP contribution in [0, 0.1) is 6.92 Å². The SMILES string of the molecule is COC(=O)CSc1ncnc2c(C3CC3)c(C)sc12. The average molecular weight is 294 g/mol. The minimum atomic E-state index is -0.229. The summed E-state index contributed by atoms with van der Waals surface area (Å²) in [7, 11) is 1.40. The number of hydrogen-bond acceptors (Lipinski definition) is 6. The van der Waals surface area contributed by atoms with Crippen LogP contribution in [0.5, 0.6) is 0 Å². The number of aromatic nitrogens is 2. The first-order valence-electron chi connectivity index (χ1n) is 6.14. The molecule has 0 aliphatic heterocycles. The largest absolute Gasteiger partial charge is 0.468 e. The maximum atomic E-state index is 11.2. The topological polar surface area (TPSA) is 52.1 Å². The number of aryl methyl sites for hydroxylation is 1. The molecular formula is C13H14N2O2S2. The lowest BCUT2D eigenvalue weighted by atomic mass is 10.1. The van der Waals surface area contributed by atoms with Crippen LogP contribution < -0.4 is 0 Å². The molecule has 3 rings (SSSR count). The van der Waals surface area contributed by atoms with E-state index in [-0.39, 0.29) is 5.97 Å². The molecule has 0 N–H and O–H groups in total. The molecule has 1 aliphatic carbocycles. The maximum absolute atomic E-state index is 11.2.